The minimum Gasteiger partial charge on any atom is -0.480 e. The number of halogens is 1. The summed E-state index contributed by atoms with van der Waals surface area (Å²) in [5.41, 5.74) is 0.824. The lowest BCUT2D eigenvalue weighted by Gasteiger charge is -2.28. The molecule has 1 saturated carbocycles. The van der Waals surface area contributed by atoms with Crippen molar-refractivity contribution in [2.24, 2.45) is 5.92 Å². The van der Waals surface area contributed by atoms with Gasteiger partial charge in [-0.1, -0.05) is 43.0 Å². The molecule has 5 heteroatoms. The van der Waals surface area contributed by atoms with E-state index < -0.39 is 12.0 Å². The van der Waals surface area contributed by atoms with Gasteiger partial charge in [-0.05, 0) is 36.5 Å². The van der Waals surface area contributed by atoms with E-state index in [1.807, 2.05) is 0 Å². The molecule has 1 atom stereocenters. The molecule has 2 rings (SSSR count). The predicted octanol–water partition coefficient (Wildman–Crippen LogP) is 3.03. The van der Waals surface area contributed by atoms with E-state index in [-0.39, 0.29) is 18.2 Å². The highest BCUT2D eigenvalue weighted by Gasteiger charge is 2.30. The average Bonchev–Trinajstić information content (AvgIpc) is 2.48. The van der Waals surface area contributed by atoms with Crippen molar-refractivity contribution in [3.05, 3.63) is 34.9 Å². The zero-order chi connectivity index (χ0) is 15.2. The van der Waals surface area contributed by atoms with Crippen molar-refractivity contribution >= 4 is 23.5 Å². The Hall–Kier alpha value is -1.55. The highest BCUT2D eigenvalue weighted by Crippen LogP contribution is 2.26. The van der Waals surface area contributed by atoms with Gasteiger partial charge in [0.25, 0.3) is 0 Å². The van der Waals surface area contributed by atoms with Crippen LogP contribution in [0.25, 0.3) is 0 Å². The van der Waals surface area contributed by atoms with Crippen LogP contribution < -0.4 is 5.32 Å². The van der Waals surface area contributed by atoms with Crippen LogP contribution in [0, 0.1) is 5.92 Å². The largest absolute Gasteiger partial charge is 0.480 e. The third-order valence-electron chi connectivity index (χ3n) is 3.98. The van der Waals surface area contributed by atoms with Crippen LogP contribution in [0.2, 0.25) is 5.02 Å². The smallest absolute Gasteiger partial charge is 0.326 e. The van der Waals surface area contributed by atoms with Gasteiger partial charge in [0.1, 0.15) is 6.04 Å². The molecule has 4 nitrogen and oxygen atoms in total. The third-order valence-corrected chi connectivity index (χ3v) is 4.23. The molecule has 1 aliphatic carbocycles. The van der Waals surface area contributed by atoms with Crippen molar-refractivity contribution in [3.8, 4) is 0 Å². The molecule has 0 aromatic heterocycles. The van der Waals surface area contributed by atoms with Crippen molar-refractivity contribution in [2.45, 2.75) is 44.6 Å². The van der Waals surface area contributed by atoms with Crippen molar-refractivity contribution in [3.63, 3.8) is 0 Å². The maximum Gasteiger partial charge on any atom is 0.326 e. The van der Waals surface area contributed by atoms with Gasteiger partial charge in [-0.15, -0.1) is 0 Å². The normalized spacial score (nSPS) is 17.2. The van der Waals surface area contributed by atoms with Gasteiger partial charge in [0.2, 0.25) is 5.91 Å². The number of nitrogens with one attached hydrogen (secondary N) is 1. The summed E-state index contributed by atoms with van der Waals surface area (Å²) in [6.45, 7) is 0. The Balaban J connectivity index is 1.94. The molecule has 0 radical (unpaired) electrons. The quantitative estimate of drug-likeness (QED) is 0.878. The number of carbonyl (C=O) groups is 2. The summed E-state index contributed by atoms with van der Waals surface area (Å²) in [7, 11) is 0. The van der Waals surface area contributed by atoms with Gasteiger partial charge in [-0.25, -0.2) is 4.79 Å². The van der Waals surface area contributed by atoms with E-state index in [0.717, 1.165) is 37.7 Å². The minimum absolute atomic E-state index is 0.0467. The molecule has 1 unspecified atom stereocenters. The highest BCUT2D eigenvalue weighted by atomic mass is 35.5. The maximum absolute atomic E-state index is 12.0. The van der Waals surface area contributed by atoms with Crippen LogP contribution in [-0.4, -0.2) is 23.0 Å². The average molecular weight is 310 g/mol. The standard InChI is InChI=1S/C16H20ClNO3/c17-13-8-6-11(7-9-13)10-14(19)18-15(16(20)21)12-4-2-1-3-5-12/h6-9,12,15H,1-5,10H2,(H,18,19)(H,20,21). The monoisotopic (exact) mass is 309 g/mol. The fraction of sp³-hybridized carbons (Fsp3) is 0.500. The molecule has 2 N–H and O–H groups in total. The topological polar surface area (TPSA) is 66.4 Å². The lowest BCUT2D eigenvalue weighted by molar-refractivity contribution is -0.143. The van der Waals surface area contributed by atoms with E-state index >= 15 is 0 Å². The number of carbonyl (C=O) groups excluding carboxylic acids is 1. The summed E-state index contributed by atoms with van der Waals surface area (Å²) in [5, 5.41) is 12.6. The molecule has 114 valence electrons. The van der Waals surface area contributed by atoms with Crippen LogP contribution in [-0.2, 0) is 16.0 Å². The maximum atomic E-state index is 12.0. The van der Waals surface area contributed by atoms with Crippen LogP contribution in [0.4, 0.5) is 0 Å². The molecule has 21 heavy (non-hydrogen) atoms. The number of hydrogen-bond donors (Lipinski definition) is 2. The van der Waals surface area contributed by atoms with E-state index in [9.17, 15) is 14.7 Å². The first-order valence-corrected chi connectivity index (χ1v) is 7.70. The molecule has 0 saturated heterocycles. The number of aliphatic carboxylic acids is 1. The first-order valence-electron chi connectivity index (χ1n) is 7.33. The van der Waals surface area contributed by atoms with Gasteiger partial charge in [0.15, 0.2) is 0 Å². The lowest BCUT2D eigenvalue weighted by Crippen LogP contribution is -2.47. The summed E-state index contributed by atoms with van der Waals surface area (Å²) in [6, 6.07) is 6.22. The molecule has 1 aliphatic rings. The van der Waals surface area contributed by atoms with Crippen LogP contribution >= 0.6 is 11.6 Å². The molecule has 0 heterocycles. The van der Waals surface area contributed by atoms with Gasteiger partial charge >= 0.3 is 5.97 Å². The molecule has 0 aliphatic heterocycles. The number of hydrogen-bond acceptors (Lipinski definition) is 2. The summed E-state index contributed by atoms with van der Waals surface area (Å²) >= 11 is 5.80. The number of carboxylic acid groups (broad SMARTS) is 1. The van der Waals surface area contributed by atoms with Gasteiger partial charge in [-0.3, -0.25) is 4.79 Å². The van der Waals surface area contributed by atoms with E-state index in [0.29, 0.717) is 5.02 Å². The van der Waals surface area contributed by atoms with Crippen molar-refractivity contribution in [1.82, 2.24) is 5.32 Å². The number of benzene rings is 1. The van der Waals surface area contributed by atoms with E-state index in [4.69, 9.17) is 11.6 Å². The fourth-order valence-electron chi connectivity index (χ4n) is 2.86. The first-order chi connectivity index (χ1) is 10.1. The number of carboxylic acids is 1. The van der Waals surface area contributed by atoms with Crippen LogP contribution in [0.5, 0.6) is 0 Å². The third kappa shape index (κ3) is 4.74. The van der Waals surface area contributed by atoms with E-state index in [1.165, 1.54) is 0 Å². The van der Waals surface area contributed by atoms with Crippen molar-refractivity contribution < 1.29 is 14.7 Å². The first kappa shape index (κ1) is 15.8. The zero-order valence-electron chi connectivity index (χ0n) is 11.8. The van der Waals surface area contributed by atoms with Gasteiger partial charge in [-0.2, -0.15) is 0 Å². The van der Waals surface area contributed by atoms with Crippen molar-refractivity contribution in [2.75, 3.05) is 0 Å². The Morgan fingerprint density at radius 2 is 1.81 bits per heavy atom. The molecule has 0 spiro atoms. The summed E-state index contributed by atoms with van der Waals surface area (Å²) in [5.74, 6) is -1.15. The number of rotatable bonds is 5. The minimum atomic E-state index is -0.939. The van der Waals surface area contributed by atoms with Crippen molar-refractivity contribution in [1.29, 1.82) is 0 Å². The molecule has 1 fully saturated rings. The second kappa shape index (κ2) is 7.46. The lowest BCUT2D eigenvalue weighted by atomic mass is 9.84. The second-order valence-corrected chi connectivity index (χ2v) is 6.02. The molecule has 1 aromatic carbocycles. The van der Waals surface area contributed by atoms with Gasteiger partial charge in [0.05, 0.1) is 6.42 Å². The number of amides is 1. The summed E-state index contributed by atoms with van der Waals surface area (Å²) in [4.78, 5) is 23.4. The van der Waals surface area contributed by atoms with Gasteiger partial charge in [0, 0.05) is 5.02 Å². The Kier molecular flexibility index (Phi) is 5.62. The zero-order valence-corrected chi connectivity index (χ0v) is 12.6. The predicted molar refractivity (Wildman–Crippen MR) is 81.3 cm³/mol. The highest BCUT2D eigenvalue weighted by molar-refractivity contribution is 6.30. The van der Waals surface area contributed by atoms with Crippen LogP contribution in [0.1, 0.15) is 37.7 Å². The Bertz CT molecular complexity index is 495. The Labute approximate surface area is 129 Å². The van der Waals surface area contributed by atoms with Gasteiger partial charge < -0.3 is 10.4 Å². The fourth-order valence-corrected chi connectivity index (χ4v) is 2.99. The summed E-state index contributed by atoms with van der Waals surface area (Å²) < 4.78 is 0. The molecule has 1 amide bonds. The molecular weight excluding hydrogens is 290 g/mol. The summed E-state index contributed by atoms with van der Waals surface area (Å²) in [6.07, 6.45) is 5.16. The molecule has 1 aromatic rings. The SMILES string of the molecule is O=C(Cc1ccc(Cl)cc1)NC(C(=O)O)C1CCCCC1. The Morgan fingerprint density at radius 3 is 2.38 bits per heavy atom. The van der Waals surface area contributed by atoms with E-state index in [1.54, 1.807) is 24.3 Å². The Morgan fingerprint density at radius 1 is 1.19 bits per heavy atom. The van der Waals surface area contributed by atoms with E-state index in [2.05, 4.69) is 5.32 Å². The molecule has 0 bridgehead atoms. The van der Waals surface area contributed by atoms with Crippen LogP contribution in [0.15, 0.2) is 24.3 Å². The van der Waals surface area contributed by atoms with Crippen LogP contribution in [0.3, 0.4) is 0 Å². The second-order valence-electron chi connectivity index (χ2n) is 5.58. The molecular formula is C16H20ClNO3.